The quantitative estimate of drug-likeness (QED) is 0.113. The van der Waals surface area contributed by atoms with Gasteiger partial charge in [-0.05, 0) is 105 Å². The van der Waals surface area contributed by atoms with Crippen molar-refractivity contribution in [3.05, 3.63) is 223 Å². The highest BCUT2D eigenvalue weighted by Gasteiger charge is 2.23. The minimum atomic E-state index is -2.49. The van der Waals surface area contributed by atoms with E-state index in [9.17, 15) is 0 Å². The van der Waals surface area contributed by atoms with E-state index in [-0.39, 0.29) is 44.3 Å². The van der Waals surface area contributed by atoms with Gasteiger partial charge in [-0.25, -0.2) is 4.98 Å². The van der Waals surface area contributed by atoms with Gasteiger partial charge in [-0.1, -0.05) is 187 Å². The molecule has 0 saturated heterocycles. The molecule has 5 heteroatoms. The Bertz CT molecular complexity index is 4230. The van der Waals surface area contributed by atoms with Crippen molar-refractivity contribution in [2.24, 2.45) is 0 Å². The highest BCUT2D eigenvalue weighted by molar-refractivity contribution is 6.09. The molecule has 0 saturated carbocycles. The standard InChI is InChI=1S/C63H54N4O/c1-42-34-60(64-40-55(42)45-35-46(62(2,3)4)37-47(36-45)63(5,6)7)67-56-29-15-14-26-53(56)54-33-32-50(39-59(54)67)68-49-25-18-24-48(38-49)65-41-66(58-31-17-16-30-57(58)65)61-51(43-20-10-8-11-21-43)27-19-28-52(61)44-22-12-9-13-23-44/h8-40H,1-7H3/i1D3,8D,9D,10D,11D,12D,13D,20D,21D,22D,23D. The van der Waals surface area contributed by atoms with Gasteiger partial charge in [0.1, 0.15) is 17.3 Å². The summed E-state index contributed by atoms with van der Waals surface area (Å²) in [6.07, 6.45) is 5.10. The topological polar surface area (TPSA) is 35.9 Å². The first-order valence-electron chi connectivity index (χ1n) is 29.0. The van der Waals surface area contributed by atoms with Gasteiger partial charge < -0.3 is 4.74 Å². The summed E-state index contributed by atoms with van der Waals surface area (Å²) in [4.78, 5) is 5.03. The van der Waals surface area contributed by atoms with Crippen LogP contribution < -0.4 is 9.30 Å². The van der Waals surface area contributed by atoms with Crippen molar-refractivity contribution in [1.82, 2.24) is 14.1 Å². The molecule has 0 N–H and O–H groups in total. The summed E-state index contributed by atoms with van der Waals surface area (Å²) in [6, 6.07) is 35.5. The van der Waals surface area contributed by atoms with Gasteiger partial charge in [0.15, 0.2) is 0 Å². The molecule has 0 aliphatic carbocycles. The van der Waals surface area contributed by atoms with Crippen molar-refractivity contribution in [1.29, 1.82) is 0 Å². The Hall–Kier alpha value is -8.02. The molecular formula is C63H54N4O. The number of benzene rings is 8. The number of aryl methyl sites for hydroxylation is 1. The predicted octanol–water partition coefficient (Wildman–Crippen LogP) is 15.9. The zero-order valence-corrected chi connectivity index (χ0v) is 38.5. The van der Waals surface area contributed by atoms with Crippen LogP contribution in [0.5, 0.6) is 11.5 Å². The summed E-state index contributed by atoms with van der Waals surface area (Å²) < 4.78 is 126. The van der Waals surface area contributed by atoms with Crippen LogP contribution in [0.15, 0.2) is 200 Å². The molecule has 0 unspecified atom stereocenters. The SMILES string of the molecule is [2H]c1c([2H])c([2H])c(-c2cccc(-c3c([2H])c([2H])c([2H])c([2H])c3[2H])c2-[n+]2[c-]n(-c3cccc(Oc4ccc5c6ccccc6n(-c6cc(C([2H])([2H])[2H])c(-c7cc(C(C)(C)C)cc(C(C)(C)C)c7)cn6)c5c4)c3)c3ccccc32)c([2H])c1[2H]. The molecule has 0 atom stereocenters. The van der Waals surface area contributed by atoms with E-state index in [0.29, 0.717) is 39.6 Å². The van der Waals surface area contributed by atoms with Gasteiger partial charge >= 0.3 is 0 Å². The molecule has 3 heterocycles. The number of imidazole rings is 1. The Morgan fingerprint density at radius 2 is 1.18 bits per heavy atom. The molecule has 3 aromatic heterocycles. The zero-order valence-electron chi connectivity index (χ0n) is 51.5. The number of hydrogen-bond donors (Lipinski definition) is 0. The van der Waals surface area contributed by atoms with Gasteiger partial charge in [-0.3, -0.25) is 13.7 Å². The fourth-order valence-corrected chi connectivity index (χ4v) is 8.90. The first-order chi connectivity index (χ1) is 38.2. The van der Waals surface area contributed by atoms with Crippen molar-refractivity contribution in [3.63, 3.8) is 0 Å². The number of para-hydroxylation sites is 4. The highest BCUT2D eigenvalue weighted by atomic mass is 16.5. The van der Waals surface area contributed by atoms with Crippen LogP contribution in [-0.2, 0) is 10.8 Å². The molecule has 0 spiro atoms. The van der Waals surface area contributed by atoms with Gasteiger partial charge in [0.05, 0.1) is 47.1 Å². The van der Waals surface area contributed by atoms with Crippen molar-refractivity contribution < 1.29 is 27.1 Å². The van der Waals surface area contributed by atoms with Gasteiger partial charge in [0.25, 0.3) is 6.33 Å². The molecule has 0 radical (unpaired) electrons. The van der Waals surface area contributed by atoms with Gasteiger partial charge in [0.2, 0.25) is 0 Å². The number of nitrogens with zero attached hydrogens (tertiary/aromatic N) is 4. The average molecular weight is 896 g/mol. The molecule has 0 fully saturated rings. The minimum Gasteiger partial charge on any atom is -0.458 e. The number of rotatable bonds is 8. The lowest BCUT2D eigenvalue weighted by Crippen LogP contribution is -2.31. The monoisotopic (exact) mass is 896 g/mol. The van der Waals surface area contributed by atoms with E-state index < -0.39 is 67.3 Å². The maximum absolute atomic E-state index is 9.05. The van der Waals surface area contributed by atoms with E-state index in [1.165, 1.54) is 0 Å². The second-order valence-electron chi connectivity index (χ2n) is 19.0. The van der Waals surface area contributed by atoms with Crippen LogP contribution in [0.4, 0.5) is 0 Å². The van der Waals surface area contributed by atoms with Crippen LogP contribution >= 0.6 is 0 Å². The van der Waals surface area contributed by atoms with Crippen molar-refractivity contribution in [3.8, 4) is 62.1 Å². The van der Waals surface area contributed by atoms with Gasteiger partial charge in [-0.2, -0.15) is 0 Å². The van der Waals surface area contributed by atoms with E-state index in [2.05, 4.69) is 66.1 Å². The fraction of sp³-hybridized carbons (Fsp3) is 0.143. The van der Waals surface area contributed by atoms with Crippen LogP contribution in [0.1, 0.15) is 76.1 Å². The van der Waals surface area contributed by atoms with Crippen LogP contribution in [0, 0.1) is 13.2 Å². The van der Waals surface area contributed by atoms with Gasteiger partial charge in [-0.15, -0.1) is 0 Å². The van der Waals surface area contributed by atoms with E-state index in [1.54, 1.807) is 57.8 Å². The normalized spacial score (nSPS) is 14.9. The summed E-state index contributed by atoms with van der Waals surface area (Å²) in [5.41, 5.74) is 6.63. The van der Waals surface area contributed by atoms with Crippen molar-refractivity contribution in [2.75, 3.05) is 0 Å². The smallest absolute Gasteiger partial charge is 0.269 e. The molecular weight excluding hydrogens is 829 g/mol. The fourth-order valence-electron chi connectivity index (χ4n) is 8.90. The number of aromatic nitrogens is 4. The van der Waals surface area contributed by atoms with Crippen LogP contribution in [0.25, 0.3) is 83.4 Å². The predicted molar refractivity (Wildman–Crippen MR) is 281 cm³/mol. The Morgan fingerprint density at radius 1 is 0.559 bits per heavy atom. The summed E-state index contributed by atoms with van der Waals surface area (Å²) in [7, 11) is 0. The maximum Gasteiger partial charge on any atom is 0.269 e. The molecule has 0 bridgehead atoms. The second kappa shape index (κ2) is 16.7. The molecule has 5 nitrogen and oxygen atoms in total. The largest absolute Gasteiger partial charge is 0.458 e. The third kappa shape index (κ3) is 7.74. The summed E-state index contributed by atoms with van der Waals surface area (Å²) in [5.74, 6) is 1.33. The first kappa shape index (κ1) is 30.3. The van der Waals surface area contributed by atoms with E-state index in [0.717, 1.165) is 38.5 Å². The summed E-state index contributed by atoms with van der Waals surface area (Å²) >= 11 is 0. The molecule has 11 rings (SSSR count). The van der Waals surface area contributed by atoms with Crippen molar-refractivity contribution >= 4 is 32.8 Å². The van der Waals surface area contributed by atoms with Crippen LogP contribution in [0.2, 0.25) is 0 Å². The maximum atomic E-state index is 9.05. The number of hydrogen-bond acceptors (Lipinski definition) is 2. The number of pyridine rings is 1. The second-order valence-corrected chi connectivity index (χ2v) is 19.0. The zero-order chi connectivity index (χ0) is 57.9. The average Bonchev–Trinajstić information content (AvgIpc) is 4.16. The summed E-state index contributed by atoms with van der Waals surface area (Å²) in [5, 5.41) is 1.83. The molecule has 0 aliphatic rings. The summed E-state index contributed by atoms with van der Waals surface area (Å²) in [6.45, 7) is 10.4. The Labute approximate surface area is 417 Å². The third-order valence-corrected chi connectivity index (χ3v) is 12.4. The minimum absolute atomic E-state index is 0.131. The highest BCUT2D eigenvalue weighted by Crippen LogP contribution is 2.39. The Balaban J connectivity index is 1.05. The number of ether oxygens (including phenoxy) is 1. The van der Waals surface area contributed by atoms with E-state index in [1.807, 2.05) is 77.4 Å². The van der Waals surface area contributed by atoms with Gasteiger partial charge in [0, 0.05) is 32.7 Å². The van der Waals surface area contributed by atoms with Crippen LogP contribution in [0.3, 0.4) is 0 Å². The molecule has 332 valence electrons. The molecule has 0 aliphatic heterocycles. The molecule has 11 aromatic rings. The lowest BCUT2D eigenvalue weighted by molar-refractivity contribution is -0.571. The molecule has 0 amide bonds. The van der Waals surface area contributed by atoms with Crippen LogP contribution in [-0.4, -0.2) is 14.1 Å². The van der Waals surface area contributed by atoms with E-state index >= 15 is 0 Å². The molecule has 68 heavy (non-hydrogen) atoms. The third-order valence-electron chi connectivity index (χ3n) is 12.4. The lowest BCUT2D eigenvalue weighted by atomic mass is 9.79. The number of fused-ring (bicyclic) bond motifs is 4. The van der Waals surface area contributed by atoms with E-state index in [4.69, 9.17) is 27.5 Å². The Morgan fingerprint density at radius 3 is 1.85 bits per heavy atom. The Kier molecular flexibility index (Phi) is 7.44. The molecule has 8 aromatic carbocycles. The van der Waals surface area contributed by atoms with Crippen molar-refractivity contribution in [2.45, 2.75) is 59.2 Å². The first-order valence-corrected chi connectivity index (χ1v) is 22.5. The lowest BCUT2D eigenvalue weighted by Gasteiger charge is -2.26.